The van der Waals surface area contributed by atoms with Crippen molar-refractivity contribution in [3.8, 4) is 0 Å². The maximum atomic E-state index is 12.2. The number of hydrogen-bond donors (Lipinski definition) is 2. The van der Waals surface area contributed by atoms with Crippen LogP contribution < -0.4 is 10.6 Å². The molecular weight excluding hydrogens is 264 g/mol. The van der Waals surface area contributed by atoms with Gasteiger partial charge in [-0.15, -0.1) is 0 Å². The lowest BCUT2D eigenvalue weighted by Crippen LogP contribution is -2.48. The third-order valence-electron chi connectivity index (χ3n) is 4.41. The normalized spacial score (nSPS) is 22.6. The van der Waals surface area contributed by atoms with Gasteiger partial charge in [-0.3, -0.25) is 9.69 Å². The summed E-state index contributed by atoms with van der Waals surface area (Å²) in [4.78, 5) is 17.0. The minimum absolute atomic E-state index is 0.111. The molecule has 2 aliphatic heterocycles. The highest BCUT2D eigenvalue weighted by molar-refractivity contribution is 5.87. The summed E-state index contributed by atoms with van der Waals surface area (Å²) in [6, 6.07) is 8.02. The quantitative estimate of drug-likeness (QED) is 0.841. The van der Waals surface area contributed by atoms with Crippen molar-refractivity contribution in [3.63, 3.8) is 0 Å². The molecule has 0 radical (unpaired) electrons. The fraction of sp³-hybridized carbons (Fsp3) is 0.562. The molecule has 2 N–H and O–H groups in total. The fourth-order valence-corrected chi connectivity index (χ4v) is 2.99. The minimum atomic E-state index is -0.116. The first-order valence-electron chi connectivity index (χ1n) is 7.75. The smallest absolute Gasteiger partial charge is 0.242 e. The Morgan fingerprint density at radius 3 is 2.81 bits per heavy atom. The second-order valence-electron chi connectivity index (χ2n) is 5.99. The van der Waals surface area contributed by atoms with Gasteiger partial charge in [0, 0.05) is 51.4 Å². The van der Waals surface area contributed by atoms with E-state index >= 15 is 0 Å². The number of nitrogens with one attached hydrogen (secondary N) is 2. The number of likely N-dealkylation sites (N-methyl/N-ethyl adjacent to an activating group) is 1. The maximum absolute atomic E-state index is 12.2. The molecule has 0 aliphatic carbocycles. The van der Waals surface area contributed by atoms with E-state index in [0.717, 1.165) is 51.4 Å². The number of hydrogen-bond acceptors (Lipinski definition) is 4. The Hall–Kier alpha value is -1.59. The number of anilines is 1. The van der Waals surface area contributed by atoms with Crippen LogP contribution in [-0.2, 0) is 11.2 Å². The Morgan fingerprint density at radius 1 is 1.29 bits per heavy atom. The molecule has 0 unspecified atom stereocenters. The van der Waals surface area contributed by atoms with Gasteiger partial charge in [-0.2, -0.15) is 0 Å². The molecule has 0 saturated carbocycles. The number of fused-ring (bicyclic) bond motifs is 1. The molecule has 3 rings (SSSR count). The number of rotatable bonds is 4. The van der Waals surface area contributed by atoms with Crippen molar-refractivity contribution in [2.24, 2.45) is 0 Å². The molecule has 0 spiro atoms. The van der Waals surface area contributed by atoms with E-state index in [9.17, 15) is 4.79 Å². The molecule has 1 aromatic rings. The monoisotopic (exact) mass is 288 g/mol. The van der Waals surface area contributed by atoms with Crippen LogP contribution in [0.15, 0.2) is 24.3 Å². The van der Waals surface area contributed by atoms with Crippen LogP contribution in [-0.4, -0.2) is 68.1 Å². The Morgan fingerprint density at radius 2 is 2.05 bits per heavy atom. The summed E-state index contributed by atoms with van der Waals surface area (Å²) in [5, 5.41) is 6.36. The van der Waals surface area contributed by atoms with Gasteiger partial charge in [0.15, 0.2) is 0 Å². The van der Waals surface area contributed by atoms with Gasteiger partial charge in [0.25, 0.3) is 0 Å². The second kappa shape index (κ2) is 6.45. The number of amides is 1. The van der Waals surface area contributed by atoms with Gasteiger partial charge in [-0.25, -0.2) is 0 Å². The lowest BCUT2D eigenvalue weighted by atomic mass is 10.1. The van der Waals surface area contributed by atoms with Crippen LogP contribution in [0, 0.1) is 0 Å². The van der Waals surface area contributed by atoms with Crippen molar-refractivity contribution >= 4 is 11.6 Å². The van der Waals surface area contributed by atoms with Gasteiger partial charge >= 0.3 is 0 Å². The molecule has 2 aliphatic rings. The Labute approximate surface area is 126 Å². The largest absolute Gasteiger partial charge is 0.373 e. The molecule has 1 atom stereocenters. The zero-order valence-corrected chi connectivity index (χ0v) is 12.6. The third kappa shape index (κ3) is 3.54. The van der Waals surface area contributed by atoms with Gasteiger partial charge in [0.1, 0.15) is 6.04 Å². The summed E-state index contributed by atoms with van der Waals surface area (Å²) in [5.74, 6) is 0.111. The van der Waals surface area contributed by atoms with E-state index in [0.29, 0.717) is 0 Å². The van der Waals surface area contributed by atoms with Crippen molar-refractivity contribution in [1.29, 1.82) is 0 Å². The van der Waals surface area contributed by atoms with Gasteiger partial charge in [-0.1, -0.05) is 18.2 Å². The molecule has 1 aromatic carbocycles. The molecule has 1 amide bonds. The molecule has 21 heavy (non-hydrogen) atoms. The molecule has 0 bridgehead atoms. The van der Waals surface area contributed by atoms with Crippen LogP contribution >= 0.6 is 0 Å². The average Bonchev–Trinajstić information content (AvgIpc) is 2.93. The van der Waals surface area contributed by atoms with Crippen LogP contribution in [0.4, 0.5) is 5.69 Å². The Bertz CT molecular complexity index is 472. The van der Waals surface area contributed by atoms with Gasteiger partial charge in [-0.05, 0) is 18.7 Å². The summed E-state index contributed by atoms with van der Waals surface area (Å²) in [6.45, 7) is 6.11. The molecule has 2 heterocycles. The van der Waals surface area contributed by atoms with Gasteiger partial charge in [0.2, 0.25) is 5.91 Å². The number of carbonyl (C=O) groups excluding carboxylic acids is 1. The predicted octanol–water partition coefficient (Wildman–Crippen LogP) is 0.387. The third-order valence-corrected chi connectivity index (χ3v) is 4.41. The number of benzene rings is 1. The standard InChI is InChI=1S/C16H24N4O/c1-19-8-10-20(11-9-19)7-6-17-16(21)15-12-13-4-2-3-5-14(13)18-15/h2-5,15,18H,6-12H2,1H3,(H,17,21)/t15-/m0/s1. The van der Waals surface area contributed by atoms with E-state index in [1.165, 1.54) is 5.56 Å². The minimum Gasteiger partial charge on any atom is -0.373 e. The summed E-state index contributed by atoms with van der Waals surface area (Å²) in [7, 11) is 2.16. The van der Waals surface area contributed by atoms with Crippen molar-refractivity contribution in [3.05, 3.63) is 29.8 Å². The van der Waals surface area contributed by atoms with E-state index in [1.54, 1.807) is 0 Å². The van der Waals surface area contributed by atoms with E-state index < -0.39 is 0 Å². The molecule has 0 aromatic heterocycles. The first kappa shape index (κ1) is 14.4. The molecule has 1 saturated heterocycles. The highest BCUT2D eigenvalue weighted by Gasteiger charge is 2.26. The zero-order chi connectivity index (χ0) is 14.7. The SMILES string of the molecule is CN1CCN(CCNC(=O)[C@@H]2Cc3ccccc3N2)CC1. The molecule has 1 fully saturated rings. The fourth-order valence-electron chi connectivity index (χ4n) is 2.99. The van der Waals surface area contributed by atoms with Crippen LogP contribution in [0.5, 0.6) is 0 Å². The molecular formula is C16H24N4O. The molecule has 5 heteroatoms. The van der Waals surface area contributed by atoms with Gasteiger partial charge in [0.05, 0.1) is 0 Å². The summed E-state index contributed by atoms with van der Waals surface area (Å²) < 4.78 is 0. The number of nitrogens with zero attached hydrogens (tertiary/aromatic N) is 2. The maximum Gasteiger partial charge on any atom is 0.242 e. The highest BCUT2D eigenvalue weighted by atomic mass is 16.2. The van der Waals surface area contributed by atoms with E-state index in [2.05, 4.69) is 33.5 Å². The first-order chi connectivity index (χ1) is 10.2. The van der Waals surface area contributed by atoms with Gasteiger partial charge < -0.3 is 15.5 Å². The van der Waals surface area contributed by atoms with E-state index in [4.69, 9.17) is 0 Å². The molecule has 5 nitrogen and oxygen atoms in total. The lowest BCUT2D eigenvalue weighted by Gasteiger charge is -2.32. The Kier molecular flexibility index (Phi) is 4.41. The predicted molar refractivity (Wildman–Crippen MR) is 84.5 cm³/mol. The van der Waals surface area contributed by atoms with Crippen molar-refractivity contribution in [2.75, 3.05) is 51.6 Å². The topological polar surface area (TPSA) is 47.6 Å². The van der Waals surface area contributed by atoms with Crippen LogP contribution in [0.3, 0.4) is 0 Å². The lowest BCUT2D eigenvalue weighted by molar-refractivity contribution is -0.121. The van der Waals surface area contributed by atoms with E-state index in [-0.39, 0.29) is 11.9 Å². The van der Waals surface area contributed by atoms with Crippen LogP contribution in [0.1, 0.15) is 5.56 Å². The van der Waals surface area contributed by atoms with Crippen molar-refractivity contribution in [1.82, 2.24) is 15.1 Å². The summed E-state index contributed by atoms with van der Waals surface area (Å²) in [5.41, 5.74) is 2.33. The van der Waals surface area contributed by atoms with Crippen LogP contribution in [0.2, 0.25) is 0 Å². The first-order valence-corrected chi connectivity index (χ1v) is 7.75. The molecule has 114 valence electrons. The number of para-hydroxylation sites is 1. The Balaban J connectivity index is 1.40. The number of piperazine rings is 1. The van der Waals surface area contributed by atoms with Crippen molar-refractivity contribution < 1.29 is 4.79 Å². The summed E-state index contributed by atoms with van der Waals surface area (Å²) >= 11 is 0. The summed E-state index contributed by atoms with van der Waals surface area (Å²) in [6.07, 6.45) is 0.788. The zero-order valence-electron chi connectivity index (χ0n) is 12.6. The van der Waals surface area contributed by atoms with Crippen LogP contribution in [0.25, 0.3) is 0 Å². The number of carbonyl (C=O) groups is 1. The average molecular weight is 288 g/mol. The second-order valence-corrected chi connectivity index (χ2v) is 5.99. The highest BCUT2D eigenvalue weighted by Crippen LogP contribution is 2.24. The van der Waals surface area contributed by atoms with E-state index in [1.807, 2.05) is 18.2 Å². The van der Waals surface area contributed by atoms with Crippen molar-refractivity contribution in [2.45, 2.75) is 12.5 Å².